The fourth-order valence-corrected chi connectivity index (χ4v) is 3.70. The normalized spacial score (nSPS) is 11.0. The first-order valence-electron chi connectivity index (χ1n) is 8.44. The molecule has 0 saturated carbocycles. The van der Waals surface area contributed by atoms with E-state index in [2.05, 4.69) is 32.1 Å². The zero-order chi connectivity index (χ0) is 19.2. The molecule has 0 bridgehead atoms. The van der Waals surface area contributed by atoms with Gasteiger partial charge in [-0.05, 0) is 30.8 Å². The molecule has 3 N–H and O–H groups in total. The Morgan fingerprint density at radius 1 is 1.15 bits per heavy atom. The van der Waals surface area contributed by atoms with Gasteiger partial charge in [-0.3, -0.25) is 4.90 Å². The summed E-state index contributed by atoms with van der Waals surface area (Å²) in [7, 11) is 1.61. The summed E-state index contributed by atoms with van der Waals surface area (Å²) in [5, 5.41) is 3.15. The summed E-state index contributed by atoms with van der Waals surface area (Å²) in [4.78, 5) is 16.4. The average Bonchev–Trinajstić information content (AvgIpc) is 3.06. The lowest BCUT2D eigenvalue weighted by Crippen LogP contribution is -2.23. The van der Waals surface area contributed by atoms with E-state index in [1.807, 2.05) is 36.4 Å². The number of nitrogens with one attached hydrogen (secondary N) is 1. The van der Waals surface area contributed by atoms with Gasteiger partial charge in [-0.15, -0.1) is 11.3 Å². The molecule has 9 heteroatoms. The van der Waals surface area contributed by atoms with Crippen molar-refractivity contribution in [3.63, 3.8) is 0 Å². The third-order valence-electron chi connectivity index (χ3n) is 3.87. The number of ether oxygens (including phenoxy) is 1. The zero-order valence-corrected chi connectivity index (χ0v) is 16.7. The van der Waals surface area contributed by atoms with Crippen molar-refractivity contribution in [1.29, 1.82) is 0 Å². The minimum Gasteiger partial charge on any atom is -0.495 e. The Morgan fingerprint density at radius 2 is 1.96 bits per heavy atom. The van der Waals surface area contributed by atoms with Crippen LogP contribution in [0.2, 0.25) is 4.34 Å². The maximum Gasteiger partial charge on any atom is 0.232 e. The molecule has 2 aromatic heterocycles. The minimum atomic E-state index is 0.174. The largest absolute Gasteiger partial charge is 0.495 e. The molecule has 0 aliphatic heterocycles. The molecule has 1 aromatic carbocycles. The van der Waals surface area contributed by atoms with Crippen LogP contribution in [0.3, 0.4) is 0 Å². The highest BCUT2D eigenvalue weighted by Crippen LogP contribution is 2.26. The second-order valence-electron chi connectivity index (χ2n) is 5.77. The average molecular weight is 405 g/mol. The third kappa shape index (κ3) is 5.29. The van der Waals surface area contributed by atoms with Crippen molar-refractivity contribution in [2.75, 3.05) is 24.7 Å². The van der Waals surface area contributed by atoms with Crippen LogP contribution in [0.1, 0.15) is 17.6 Å². The number of hydrogen-bond acceptors (Lipinski definition) is 8. The molecule has 142 valence electrons. The lowest BCUT2D eigenvalue weighted by atomic mass is 10.3. The number of methoxy groups -OCH3 is 1. The predicted molar refractivity (Wildman–Crippen MR) is 110 cm³/mol. The van der Waals surface area contributed by atoms with Gasteiger partial charge in [0.2, 0.25) is 11.9 Å². The highest BCUT2D eigenvalue weighted by Gasteiger charge is 2.12. The van der Waals surface area contributed by atoms with Crippen LogP contribution in [0.15, 0.2) is 36.4 Å². The van der Waals surface area contributed by atoms with Crippen LogP contribution in [-0.2, 0) is 13.1 Å². The van der Waals surface area contributed by atoms with Crippen LogP contribution < -0.4 is 15.8 Å². The highest BCUT2D eigenvalue weighted by atomic mass is 35.5. The standard InChI is InChI=1S/C18H21ClN6OS/c1-3-25(10-12-8-9-15(19)27-12)11-16-22-17(20)24-18(23-16)21-13-6-4-5-7-14(13)26-2/h4-9H,3,10-11H2,1-2H3,(H3,20,21,22,23,24). The van der Waals surface area contributed by atoms with Gasteiger partial charge in [-0.25, -0.2) is 0 Å². The van der Waals surface area contributed by atoms with Gasteiger partial charge in [0.1, 0.15) is 11.6 Å². The molecular weight excluding hydrogens is 384 g/mol. The monoisotopic (exact) mass is 404 g/mol. The van der Waals surface area contributed by atoms with Gasteiger partial charge < -0.3 is 15.8 Å². The molecule has 0 saturated heterocycles. The number of nitrogens with zero attached hydrogens (tertiary/aromatic N) is 4. The van der Waals surface area contributed by atoms with Gasteiger partial charge >= 0.3 is 0 Å². The lowest BCUT2D eigenvalue weighted by Gasteiger charge is -2.19. The molecule has 7 nitrogen and oxygen atoms in total. The SMILES string of the molecule is CCN(Cc1nc(N)nc(Nc2ccccc2OC)n1)Cc1ccc(Cl)s1. The maximum atomic E-state index is 6.02. The second-order valence-corrected chi connectivity index (χ2v) is 7.57. The van der Waals surface area contributed by atoms with Crippen LogP contribution >= 0.6 is 22.9 Å². The van der Waals surface area contributed by atoms with Gasteiger partial charge in [0, 0.05) is 11.4 Å². The molecule has 3 rings (SSSR count). The molecule has 2 heterocycles. The summed E-state index contributed by atoms with van der Waals surface area (Å²) in [5.74, 6) is 1.86. The molecule has 0 amide bonds. The van der Waals surface area contributed by atoms with E-state index in [0.29, 0.717) is 24.1 Å². The van der Waals surface area contributed by atoms with Crippen LogP contribution in [0.25, 0.3) is 0 Å². The van der Waals surface area contributed by atoms with Gasteiger partial charge in [-0.1, -0.05) is 30.7 Å². The minimum absolute atomic E-state index is 0.174. The Kier molecular flexibility index (Phi) is 6.44. The van der Waals surface area contributed by atoms with E-state index >= 15 is 0 Å². The van der Waals surface area contributed by atoms with E-state index in [9.17, 15) is 0 Å². The van der Waals surface area contributed by atoms with Crippen molar-refractivity contribution < 1.29 is 4.74 Å². The van der Waals surface area contributed by atoms with Crippen LogP contribution in [0.4, 0.5) is 17.6 Å². The number of rotatable bonds is 8. The molecule has 0 fully saturated rings. The fraction of sp³-hybridized carbons (Fsp3) is 0.278. The van der Waals surface area contributed by atoms with E-state index in [1.165, 1.54) is 4.88 Å². The number of benzene rings is 1. The predicted octanol–water partition coefficient (Wildman–Crippen LogP) is 3.94. The van der Waals surface area contributed by atoms with Crippen molar-refractivity contribution in [1.82, 2.24) is 19.9 Å². The van der Waals surface area contributed by atoms with Gasteiger partial charge in [0.25, 0.3) is 0 Å². The first-order chi connectivity index (χ1) is 13.1. The van der Waals surface area contributed by atoms with Crippen LogP contribution in [0, 0.1) is 0 Å². The Balaban J connectivity index is 1.75. The first-order valence-corrected chi connectivity index (χ1v) is 9.64. The van der Waals surface area contributed by atoms with Crippen molar-refractivity contribution in [3.05, 3.63) is 51.4 Å². The summed E-state index contributed by atoms with van der Waals surface area (Å²) >= 11 is 7.60. The van der Waals surface area contributed by atoms with E-state index < -0.39 is 0 Å². The number of nitrogen functional groups attached to an aromatic ring is 1. The summed E-state index contributed by atoms with van der Waals surface area (Å²) in [5.41, 5.74) is 6.65. The lowest BCUT2D eigenvalue weighted by molar-refractivity contribution is 0.267. The first kappa shape index (κ1) is 19.3. The number of hydrogen-bond donors (Lipinski definition) is 2. The Hall–Kier alpha value is -2.42. The molecule has 0 aliphatic carbocycles. The Bertz CT molecular complexity index is 903. The molecule has 0 aliphatic rings. The quantitative estimate of drug-likeness (QED) is 0.587. The molecule has 0 spiro atoms. The molecule has 0 atom stereocenters. The van der Waals surface area contributed by atoms with Gasteiger partial charge in [0.05, 0.1) is 23.7 Å². The number of aromatic nitrogens is 3. The molecule has 27 heavy (non-hydrogen) atoms. The van der Waals surface area contributed by atoms with Crippen LogP contribution in [-0.4, -0.2) is 33.5 Å². The molecule has 0 unspecified atom stereocenters. The number of nitrogens with two attached hydrogens (primary N) is 1. The van der Waals surface area contributed by atoms with Crippen molar-refractivity contribution in [2.45, 2.75) is 20.0 Å². The van der Waals surface area contributed by atoms with Crippen molar-refractivity contribution >= 4 is 40.5 Å². The van der Waals surface area contributed by atoms with Crippen molar-refractivity contribution in [3.8, 4) is 5.75 Å². The van der Waals surface area contributed by atoms with E-state index in [1.54, 1.807) is 18.4 Å². The third-order valence-corrected chi connectivity index (χ3v) is 5.09. The zero-order valence-electron chi connectivity index (χ0n) is 15.1. The van der Waals surface area contributed by atoms with Gasteiger partial charge in [-0.2, -0.15) is 15.0 Å². The second kappa shape index (κ2) is 8.98. The molecule has 0 radical (unpaired) electrons. The maximum absolute atomic E-state index is 6.02. The fourth-order valence-electron chi connectivity index (χ4n) is 2.57. The summed E-state index contributed by atoms with van der Waals surface area (Å²) < 4.78 is 6.13. The smallest absolute Gasteiger partial charge is 0.232 e. The number of anilines is 3. The van der Waals surface area contributed by atoms with E-state index in [0.717, 1.165) is 23.1 Å². The Labute approximate surface area is 167 Å². The van der Waals surface area contributed by atoms with Crippen molar-refractivity contribution in [2.24, 2.45) is 0 Å². The number of para-hydroxylation sites is 2. The molecule has 3 aromatic rings. The highest BCUT2D eigenvalue weighted by molar-refractivity contribution is 7.16. The number of thiophene rings is 1. The van der Waals surface area contributed by atoms with Gasteiger partial charge in [0.15, 0.2) is 0 Å². The topological polar surface area (TPSA) is 89.2 Å². The van der Waals surface area contributed by atoms with Crippen LogP contribution in [0.5, 0.6) is 5.75 Å². The summed E-state index contributed by atoms with van der Waals surface area (Å²) in [6, 6.07) is 11.5. The summed E-state index contributed by atoms with van der Waals surface area (Å²) in [6.07, 6.45) is 0. The van der Waals surface area contributed by atoms with E-state index in [-0.39, 0.29) is 5.95 Å². The van der Waals surface area contributed by atoms with E-state index in [4.69, 9.17) is 22.1 Å². The number of halogens is 1. The Morgan fingerprint density at radius 3 is 2.67 bits per heavy atom. The molecular formula is C18H21ClN6OS. The summed E-state index contributed by atoms with van der Waals surface area (Å²) in [6.45, 7) is 4.26.